The van der Waals surface area contributed by atoms with Gasteiger partial charge in [0.15, 0.2) is 0 Å². The van der Waals surface area contributed by atoms with Gasteiger partial charge in [-0.1, -0.05) is 23.9 Å². The minimum atomic E-state index is 0.238. The van der Waals surface area contributed by atoms with Crippen LogP contribution in [0.3, 0.4) is 0 Å². The molecule has 0 fully saturated rings. The van der Waals surface area contributed by atoms with E-state index in [4.69, 9.17) is 0 Å². The fraction of sp³-hybridized carbons (Fsp3) is 0.333. The Morgan fingerprint density at radius 3 is 2.26 bits per heavy atom. The highest BCUT2D eigenvalue weighted by molar-refractivity contribution is 7.99. The molecule has 0 bridgehead atoms. The summed E-state index contributed by atoms with van der Waals surface area (Å²) >= 11 is 1.36. The Kier molecular flexibility index (Phi) is 6.33. The maximum Gasteiger partial charge on any atom is 0.129 e. The molecule has 2 rings (SSSR count). The highest BCUT2D eigenvalue weighted by Gasteiger charge is 2.08. The Hall–Kier alpha value is -1.69. The Morgan fingerprint density at radius 1 is 1.00 bits per heavy atom. The third-order valence-electron chi connectivity index (χ3n) is 3.42. The van der Waals surface area contributed by atoms with Gasteiger partial charge in [0, 0.05) is 19.6 Å². The molecular formula is C18H24N2O2S. The summed E-state index contributed by atoms with van der Waals surface area (Å²) in [7, 11) is 4.08. The van der Waals surface area contributed by atoms with E-state index in [0.717, 1.165) is 40.6 Å². The lowest BCUT2D eigenvalue weighted by Gasteiger charge is -2.11. The summed E-state index contributed by atoms with van der Waals surface area (Å²) in [4.78, 5) is 3.60. The first-order valence-corrected chi connectivity index (χ1v) is 8.42. The Bertz CT molecular complexity index is 659. The van der Waals surface area contributed by atoms with Gasteiger partial charge in [0.1, 0.15) is 11.5 Å². The van der Waals surface area contributed by atoms with Crippen LogP contribution in [0.5, 0.6) is 11.5 Å². The summed E-state index contributed by atoms with van der Waals surface area (Å²) in [6.07, 6.45) is 0. The van der Waals surface area contributed by atoms with Crippen LogP contribution in [0.2, 0.25) is 0 Å². The average molecular weight is 332 g/mol. The van der Waals surface area contributed by atoms with Crippen molar-refractivity contribution in [1.29, 1.82) is 0 Å². The van der Waals surface area contributed by atoms with Crippen molar-refractivity contribution in [2.45, 2.75) is 23.3 Å². The Morgan fingerprint density at radius 2 is 1.65 bits per heavy atom. The Balaban J connectivity index is 1.99. The van der Waals surface area contributed by atoms with Gasteiger partial charge in [0.25, 0.3) is 0 Å². The first kappa shape index (κ1) is 17.7. The number of rotatable bonds is 7. The monoisotopic (exact) mass is 332 g/mol. The van der Waals surface area contributed by atoms with Crippen molar-refractivity contribution in [3.63, 3.8) is 0 Å². The summed E-state index contributed by atoms with van der Waals surface area (Å²) in [6.45, 7) is 4.54. The molecule has 2 aromatic rings. The number of aromatic hydroxyl groups is 2. The van der Waals surface area contributed by atoms with Crippen LogP contribution in [-0.4, -0.2) is 42.3 Å². The number of nitrogens with one attached hydrogen (secondary N) is 1. The zero-order valence-electron chi connectivity index (χ0n) is 13.8. The fourth-order valence-corrected chi connectivity index (χ4v) is 2.96. The smallest absolute Gasteiger partial charge is 0.129 e. The lowest BCUT2D eigenvalue weighted by Crippen LogP contribution is -2.26. The number of benzene rings is 2. The van der Waals surface area contributed by atoms with Gasteiger partial charge in [-0.15, -0.1) is 0 Å². The molecule has 0 unspecified atom stereocenters. The lowest BCUT2D eigenvalue weighted by molar-refractivity contribution is 0.399. The van der Waals surface area contributed by atoms with E-state index in [2.05, 4.69) is 10.2 Å². The summed E-state index contributed by atoms with van der Waals surface area (Å²) in [6, 6.07) is 11.2. The van der Waals surface area contributed by atoms with Crippen molar-refractivity contribution in [2.75, 3.05) is 27.2 Å². The number of hydrogen-bond donors (Lipinski definition) is 3. The van der Waals surface area contributed by atoms with E-state index < -0.39 is 0 Å². The van der Waals surface area contributed by atoms with E-state index in [0.29, 0.717) is 0 Å². The quantitative estimate of drug-likeness (QED) is 0.680. The molecule has 0 radical (unpaired) electrons. The van der Waals surface area contributed by atoms with Gasteiger partial charge in [0.05, 0.1) is 9.79 Å². The Labute approximate surface area is 142 Å². The third kappa shape index (κ3) is 5.46. The van der Waals surface area contributed by atoms with Crippen molar-refractivity contribution in [3.05, 3.63) is 47.5 Å². The van der Waals surface area contributed by atoms with Gasteiger partial charge in [-0.2, -0.15) is 0 Å². The zero-order chi connectivity index (χ0) is 16.8. The van der Waals surface area contributed by atoms with Crippen molar-refractivity contribution in [1.82, 2.24) is 10.2 Å². The van der Waals surface area contributed by atoms with Gasteiger partial charge in [-0.25, -0.2) is 0 Å². The molecule has 5 heteroatoms. The van der Waals surface area contributed by atoms with Gasteiger partial charge >= 0.3 is 0 Å². The molecular weight excluding hydrogens is 308 g/mol. The molecule has 0 amide bonds. The molecule has 124 valence electrons. The molecule has 0 aliphatic carbocycles. The molecule has 0 atom stereocenters. The van der Waals surface area contributed by atoms with Crippen molar-refractivity contribution < 1.29 is 10.2 Å². The van der Waals surface area contributed by atoms with Crippen LogP contribution in [0.25, 0.3) is 0 Å². The molecule has 0 saturated heterocycles. The van der Waals surface area contributed by atoms with Crippen LogP contribution in [0.15, 0.2) is 46.2 Å². The molecule has 0 spiro atoms. The van der Waals surface area contributed by atoms with E-state index in [9.17, 15) is 10.2 Å². The molecule has 0 aliphatic heterocycles. The fourth-order valence-electron chi connectivity index (χ4n) is 2.13. The minimum absolute atomic E-state index is 0.238. The second-order valence-corrected chi connectivity index (χ2v) is 6.94. The minimum Gasteiger partial charge on any atom is -0.507 e. The van der Waals surface area contributed by atoms with Gasteiger partial charge in [0.2, 0.25) is 0 Å². The molecule has 0 aromatic heterocycles. The third-order valence-corrected chi connectivity index (χ3v) is 4.55. The largest absolute Gasteiger partial charge is 0.507 e. The summed E-state index contributed by atoms with van der Waals surface area (Å²) < 4.78 is 0. The van der Waals surface area contributed by atoms with Gasteiger partial charge in [-0.05, 0) is 56.4 Å². The maximum atomic E-state index is 10.2. The summed E-state index contributed by atoms with van der Waals surface area (Å²) in [5.74, 6) is 0.478. The first-order valence-electron chi connectivity index (χ1n) is 7.60. The average Bonchev–Trinajstić information content (AvgIpc) is 2.48. The number of phenols is 2. The SMILES string of the molecule is Cc1ccc(Sc2ccc(CNCCN(C)C)cc2O)c(O)c1. The molecule has 0 saturated carbocycles. The van der Waals surface area contributed by atoms with Crippen LogP contribution in [0, 0.1) is 6.92 Å². The predicted molar refractivity (Wildman–Crippen MR) is 95.3 cm³/mol. The predicted octanol–water partition coefficient (Wildman–Crippen LogP) is 3.21. The van der Waals surface area contributed by atoms with E-state index >= 15 is 0 Å². The van der Waals surface area contributed by atoms with Crippen LogP contribution in [0.1, 0.15) is 11.1 Å². The highest BCUT2D eigenvalue weighted by Crippen LogP contribution is 2.39. The van der Waals surface area contributed by atoms with Gasteiger partial charge in [-0.3, -0.25) is 0 Å². The van der Waals surface area contributed by atoms with Crippen LogP contribution in [0.4, 0.5) is 0 Å². The first-order chi connectivity index (χ1) is 11.0. The second-order valence-electron chi connectivity index (χ2n) is 5.86. The number of likely N-dealkylation sites (N-methyl/N-ethyl adjacent to an activating group) is 1. The lowest BCUT2D eigenvalue weighted by atomic mass is 10.2. The van der Waals surface area contributed by atoms with Crippen molar-refractivity contribution >= 4 is 11.8 Å². The number of phenolic OH excluding ortho intramolecular Hbond substituents is 2. The molecule has 2 aromatic carbocycles. The highest BCUT2D eigenvalue weighted by atomic mass is 32.2. The van der Waals surface area contributed by atoms with Crippen molar-refractivity contribution in [2.24, 2.45) is 0 Å². The standard InChI is InChI=1S/C18H24N2O2S/c1-13-4-6-17(15(21)10-13)23-18-7-5-14(11-16(18)22)12-19-8-9-20(2)3/h4-7,10-11,19,21-22H,8-9,12H2,1-3H3. The maximum absolute atomic E-state index is 10.2. The van der Waals surface area contributed by atoms with E-state index in [1.807, 2.05) is 45.3 Å². The van der Waals surface area contributed by atoms with Crippen LogP contribution >= 0.6 is 11.8 Å². The zero-order valence-corrected chi connectivity index (χ0v) is 14.7. The van der Waals surface area contributed by atoms with E-state index in [1.54, 1.807) is 12.1 Å². The van der Waals surface area contributed by atoms with Crippen LogP contribution < -0.4 is 5.32 Å². The summed E-state index contributed by atoms with van der Waals surface area (Å²) in [5.41, 5.74) is 2.05. The molecule has 23 heavy (non-hydrogen) atoms. The molecule has 4 nitrogen and oxygen atoms in total. The number of hydrogen-bond acceptors (Lipinski definition) is 5. The summed E-state index contributed by atoms with van der Waals surface area (Å²) in [5, 5.41) is 23.5. The second kappa shape index (κ2) is 8.24. The van der Waals surface area contributed by atoms with Crippen LogP contribution in [-0.2, 0) is 6.54 Å². The number of aryl methyl sites for hydroxylation is 1. The van der Waals surface area contributed by atoms with Gasteiger partial charge < -0.3 is 20.4 Å². The number of nitrogens with zero attached hydrogens (tertiary/aromatic N) is 1. The van der Waals surface area contributed by atoms with E-state index in [-0.39, 0.29) is 11.5 Å². The molecule has 3 N–H and O–H groups in total. The van der Waals surface area contributed by atoms with E-state index in [1.165, 1.54) is 11.8 Å². The molecule has 0 heterocycles. The normalized spacial score (nSPS) is 11.1. The molecule has 0 aliphatic rings. The van der Waals surface area contributed by atoms with Crippen molar-refractivity contribution in [3.8, 4) is 11.5 Å². The topological polar surface area (TPSA) is 55.7 Å².